The molecule has 2 aliphatic rings. The Kier molecular flexibility index (Phi) is 6.91. The van der Waals surface area contributed by atoms with Crippen molar-refractivity contribution in [1.82, 2.24) is 10.6 Å². The van der Waals surface area contributed by atoms with Gasteiger partial charge in [-0.05, 0) is 75.1 Å². The lowest BCUT2D eigenvalue weighted by Crippen LogP contribution is -2.32. The number of rotatable bonds is 6. The van der Waals surface area contributed by atoms with Crippen LogP contribution in [0.25, 0.3) is 0 Å². The van der Waals surface area contributed by atoms with E-state index in [-0.39, 0.29) is 24.4 Å². The minimum Gasteiger partial charge on any atom is -0.349 e. The van der Waals surface area contributed by atoms with E-state index >= 15 is 0 Å². The van der Waals surface area contributed by atoms with Crippen LogP contribution in [0, 0.1) is 18.8 Å². The molecule has 3 nitrogen and oxygen atoms in total. The van der Waals surface area contributed by atoms with Crippen LogP contribution < -0.4 is 10.6 Å². The van der Waals surface area contributed by atoms with Crippen molar-refractivity contribution in [2.75, 3.05) is 13.1 Å². The summed E-state index contributed by atoms with van der Waals surface area (Å²) >= 11 is 0. The Bertz CT molecular complexity index is 510. The molecule has 4 heteroatoms. The van der Waals surface area contributed by atoms with Crippen LogP contribution in [0.15, 0.2) is 24.3 Å². The molecule has 1 aliphatic carbocycles. The normalized spacial score (nSPS) is 19.7. The molecule has 0 aromatic heterocycles. The standard InChI is InChI=1S/C19H28N2O.ClH/c1-14-4-2-3-5-17(14)19(16-7-8-16)21-18(22)9-6-15-10-12-20-13-11-15;/h2-5,15-16,19-20H,6-13H2,1H3,(H,21,22);1H. The largest absolute Gasteiger partial charge is 0.349 e. The zero-order chi connectivity index (χ0) is 15.4. The lowest BCUT2D eigenvalue weighted by atomic mass is 9.92. The Morgan fingerprint density at radius 1 is 1.22 bits per heavy atom. The molecule has 1 aromatic rings. The third-order valence-corrected chi connectivity index (χ3v) is 5.17. The highest BCUT2D eigenvalue weighted by molar-refractivity contribution is 5.85. The number of amides is 1. The molecule has 128 valence electrons. The van der Waals surface area contributed by atoms with Crippen LogP contribution in [-0.2, 0) is 4.79 Å². The SMILES string of the molecule is Cc1ccccc1C(NC(=O)CCC1CCNCC1)C1CC1.Cl. The van der Waals surface area contributed by atoms with Gasteiger partial charge in [0.05, 0.1) is 6.04 Å². The minimum atomic E-state index is 0. The number of hydrogen-bond acceptors (Lipinski definition) is 2. The second-order valence-electron chi connectivity index (χ2n) is 6.97. The van der Waals surface area contributed by atoms with Gasteiger partial charge in [0.2, 0.25) is 5.91 Å². The van der Waals surface area contributed by atoms with Crippen molar-refractivity contribution < 1.29 is 4.79 Å². The minimum absolute atomic E-state index is 0. The maximum Gasteiger partial charge on any atom is 0.220 e. The molecule has 1 amide bonds. The maximum absolute atomic E-state index is 12.4. The molecule has 3 rings (SSSR count). The number of hydrogen-bond donors (Lipinski definition) is 2. The number of carbonyl (C=O) groups is 1. The van der Waals surface area contributed by atoms with E-state index in [1.165, 1.54) is 36.8 Å². The summed E-state index contributed by atoms with van der Waals surface area (Å²) in [4.78, 5) is 12.4. The van der Waals surface area contributed by atoms with Crippen molar-refractivity contribution in [1.29, 1.82) is 0 Å². The highest BCUT2D eigenvalue weighted by Crippen LogP contribution is 2.41. The maximum atomic E-state index is 12.4. The van der Waals surface area contributed by atoms with E-state index < -0.39 is 0 Å². The van der Waals surface area contributed by atoms with Crippen LogP contribution in [0.1, 0.15) is 55.7 Å². The van der Waals surface area contributed by atoms with E-state index in [9.17, 15) is 4.79 Å². The number of nitrogens with one attached hydrogen (secondary N) is 2. The summed E-state index contributed by atoms with van der Waals surface area (Å²) in [5.41, 5.74) is 2.60. The van der Waals surface area contributed by atoms with Gasteiger partial charge in [-0.15, -0.1) is 12.4 Å². The van der Waals surface area contributed by atoms with Gasteiger partial charge in [0.15, 0.2) is 0 Å². The first-order valence-electron chi connectivity index (χ1n) is 8.79. The Morgan fingerprint density at radius 2 is 1.91 bits per heavy atom. The fourth-order valence-electron chi connectivity index (χ4n) is 3.57. The molecular weight excluding hydrogens is 308 g/mol. The van der Waals surface area contributed by atoms with Crippen molar-refractivity contribution in [2.24, 2.45) is 11.8 Å². The zero-order valence-corrected chi connectivity index (χ0v) is 14.8. The van der Waals surface area contributed by atoms with E-state index in [1.807, 2.05) is 0 Å². The van der Waals surface area contributed by atoms with Crippen LogP contribution >= 0.6 is 12.4 Å². The average Bonchev–Trinajstić information content (AvgIpc) is 3.37. The van der Waals surface area contributed by atoms with Gasteiger partial charge in [0.1, 0.15) is 0 Å². The van der Waals surface area contributed by atoms with Crippen LogP contribution in [0.2, 0.25) is 0 Å². The van der Waals surface area contributed by atoms with E-state index in [2.05, 4.69) is 41.8 Å². The number of aryl methyl sites for hydroxylation is 1. The highest BCUT2D eigenvalue weighted by Gasteiger charge is 2.34. The zero-order valence-electron chi connectivity index (χ0n) is 14.0. The van der Waals surface area contributed by atoms with Crippen molar-refractivity contribution in [2.45, 2.75) is 51.5 Å². The van der Waals surface area contributed by atoms with E-state index in [0.717, 1.165) is 25.4 Å². The topological polar surface area (TPSA) is 41.1 Å². The predicted molar refractivity (Wildman–Crippen MR) is 96.9 cm³/mol. The number of benzene rings is 1. The lowest BCUT2D eigenvalue weighted by Gasteiger charge is -2.24. The summed E-state index contributed by atoms with van der Waals surface area (Å²) in [6.45, 7) is 4.37. The van der Waals surface area contributed by atoms with Gasteiger partial charge >= 0.3 is 0 Å². The van der Waals surface area contributed by atoms with Gasteiger partial charge in [-0.1, -0.05) is 24.3 Å². The van der Waals surface area contributed by atoms with Gasteiger partial charge in [-0.2, -0.15) is 0 Å². The lowest BCUT2D eigenvalue weighted by molar-refractivity contribution is -0.122. The smallest absolute Gasteiger partial charge is 0.220 e. The van der Waals surface area contributed by atoms with E-state index in [0.29, 0.717) is 12.3 Å². The van der Waals surface area contributed by atoms with Gasteiger partial charge < -0.3 is 10.6 Å². The number of carbonyl (C=O) groups excluding carboxylic acids is 1. The summed E-state index contributed by atoms with van der Waals surface area (Å²) in [6, 6.07) is 8.69. The van der Waals surface area contributed by atoms with Crippen molar-refractivity contribution in [3.05, 3.63) is 35.4 Å². The van der Waals surface area contributed by atoms with Gasteiger partial charge in [-0.3, -0.25) is 4.79 Å². The summed E-state index contributed by atoms with van der Waals surface area (Å²) in [5.74, 6) is 1.60. The molecule has 1 aromatic carbocycles. The number of piperidine rings is 1. The quantitative estimate of drug-likeness (QED) is 0.830. The van der Waals surface area contributed by atoms with Gasteiger partial charge in [0, 0.05) is 6.42 Å². The fourth-order valence-corrected chi connectivity index (χ4v) is 3.57. The van der Waals surface area contributed by atoms with E-state index in [1.54, 1.807) is 0 Å². The second kappa shape index (κ2) is 8.70. The molecule has 0 bridgehead atoms. The molecule has 1 atom stereocenters. The van der Waals surface area contributed by atoms with Crippen LogP contribution in [0.4, 0.5) is 0 Å². The molecule has 1 saturated heterocycles. The van der Waals surface area contributed by atoms with Crippen molar-refractivity contribution in [3.8, 4) is 0 Å². The van der Waals surface area contributed by atoms with Crippen molar-refractivity contribution >= 4 is 18.3 Å². The Morgan fingerprint density at radius 3 is 2.57 bits per heavy atom. The molecule has 1 saturated carbocycles. The molecule has 1 aliphatic heterocycles. The first-order valence-corrected chi connectivity index (χ1v) is 8.79. The average molecular weight is 337 g/mol. The second-order valence-corrected chi connectivity index (χ2v) is 6.97. The van der Waals surface area contributed by atoms with Crippen LogP contribution in [0.5, 0.6) is 0 Å². The summed E-state index contributed by atoms with van der Waals surface area (Å²) in [7, 11) is 0. The molecule has 1 unspecified atom stereocenters. The summed E-state index contributed by atoms with van der Waals surface area (Å²) in [5, 5.41) is 6.71. The Labute approximate surface area is 146 Å². The van der Waals surface area contributed by atoms with E-state index in [4.69, 9.17) is 0 Å². The third kappa shape index (κ3) is 5.22. The Hall–Kier alpha value is -1.06. The summed E-state index contributed by atoms with van der Waals surface area (Å²) in [6.07, 6.45) is 6.65. The number of halogens is 1. The van der Waals surface area contributed by atoms with Gasteiger partial charge in [0.25, 0.3) is 0 Å². The monoisotopic (exact) mass is 336 g/mol. The molecule has 0 spiro atoms. The highest BCUT2D eigenvalue weighted by atomic mass is 35.5. The third-order valence-electron chi connectivity index (χ3n) is 5.17. The molecule has 1 heterocycles. The molecular formula is C19H29ClN2O. The molecule has 23 heavy (non-hydrogen) atoms. The van der Waals surface area contributed by atoms with Crippen LogP contribution in [-0.4, -0.2) is 19.0 Å². The molecule has 0 radical (unpaired) electrons. The first kappa shape index (κ1) is 18.3. The van der Waals surface area contributed by atoms with Gasteiger partial charge in [-0.25, -0.2) is 0 Å². The Balaban J connectivity index is 0.00000192. The van der Waals surface area contributed by atoms with Crippen LogP contribution in [0.3, 0.4) is 0 Å². The summed E-state index contributed by atoms with van der Waals surface area (Å²) < 4.78 is 0. The molecule has 2 fully saturated rings. The van der Waals surface area contributed by atoms with Crippen molar-refractivity contribution in [3.63, 3.8) is 0 Å². The molecule has 2 N–H and O–H groups in total. The first-order chi connectivity index (χ1) is 10.7. The predicted octanol–water partition coefficient (Wildman–Crippen LogP) is 3.76. The fraction of sp³-hybridized carbons (Fsp3) is 0.632.